The zero-order valence-corrected chi connectivity index (χ0v) is 14.8. The van der Waals surface area contributed by atoms with Crippen LogP contribution in [0.25, 0.3) is 0 Å². The summed E-state index contributed by atoms with van der Waals surface area (Å²) in [5.74, 6) is 0.130. The third kappa shape index (κ3) is 4.07. The molecule has 126 valence electrons. The molecule has 25 heavy (non-hydrogen) atoms. The Hall–Kier alpha value is -2.63. The van der Waals surface area contributed by atoms with Gasteiger partial charge in [0.15, 0.2) is 0 Å². The van der Waals surface area contributed by atoms with E-state index in [1.165, 1.54) is 12.4 Å². The highest BCUT2D eigenvalue weighted by atomic mass is 35.5. The molecule has 1 amide bonds. The van der Waals surface area contributed by atoms with Crippen molar-refractivity contribution < 1.29 is 4.79 Å². The van der Waals surface area contributed by atoms with Crippen molar-refractivity contribution in [3.8, 4) is 0 Å². The van der Waals surface area contributed by atoms with Crippen molar-refractivity contribution in [3.05, 3.63) is 76.2 Å². The second-order valence-electron chi connectivity index (χ2n) is 5.28. The highest BCUT2D eigenvalue weighted by Crippen LogP contribution is 2.29. The number of anilines is 3. The molecule has 0 atom stereocenters. The van der Waals surface area contributed by atoms with Crippen molar-refractivity contribution in [3.63, 3.8) is 0 Å². The number of amides is 1. The standard InChI is InChI=1S/C18H14Cl2N4O/c1-11-5-2-3-7-13(11)23-16-10-21-15(9-22-16)18(25)24-14-8-4-6-12(19)17(14)20/h2-10H,1H3,(H,22,23)(H,24,25). The number of aryl methyl sites for hydroxylation is 1. The fourth-order valence-electron chi connectivity index (χ4n) is 2.15. The maximum absolute atomic E-state index is 12.3. The number of hydrogen-bond donors (Lipinski definition) is 2. The molecule has 0 spiro atoms. The van der Waals surface area contributed by atoms with Crippen LogP contribution in [-0.4, -0.2) is 15.9 Å². The van der Waals surface area contributed by atoms with E-state index >= 15 is 0 Å². The fourth-order valence-corrected chi connectivity index (χ4v) is 2.50. The number of aromatic nitrogens is 2. The van der Waals surface area contributed by atoms with Crippen molar-refractivity contribution in [2.24, 2.45) is 0 Å². The van der Waals surface area contributed by atoms with Gasteiger partial charge < -0.3 is 10.6 Å². The van der Waals surface area contributed by atoms with Gasteiger partial charge in [-0.1, -0.05) is 47.5 Å². The van der Waals surface area contributed by atoms with Gasteiger partial charge in [-0.3, -0.25) is 4.79 Å². The van der Waals surface area contributed by atoms with Crippen molar-refractivity contribution in [2.75, 3.05) is 10.6 Å². The Kier molecular flexibility index (Phi) is 5.16. The Balaban J connectivity index is 1.72. The van der Waals surface area contributed by atoms with Crippen molar-refractivity contribution in [2.45, 2.75) is 6.92 Å². The first-order valence-corrected chi connectivity index (χ1v) is 8.20. The summed E-state index contributed by atoms with van der Waals surface area (Å²) in [6.45, 7) is 1.99. The lowest BCUT2D eigenvalue weighted by molar-refractivity contribution is 0.102. The van der Waals surface area contributed by atoms with Gasteiger partial charge in [-0.05, 0) is 30.7 Å². The normalized spacial score (nSPS) is 10.4. The molecule has 2 N–H and O–H groups in total. The van der Waals surface area contributed by atoms with E-state index in [0.29, 0.717) is 16.5 Å². The van der Waals surface area contributed by atoms with E-state index in [9.17, 15) is 4.79 Å². The number of carbonyl (C=O) groups excluding carboxylic acids is 1. The number of rotatable bonds is 4. The van der Waals surface area contributed by atoms with Gasteiger partial charge in [-0.25, -0.2) is 9.97 Å². The molecule has 0 unspecified atom stereocenters. The number of halogens is 2. The van der Waals surface area contributed by atoms with Crippen LogP contribution in [0.3, 0.4) is 0 Å². The minimum Gasteiger partial charge on any atom is -0.339 e. The number of hydrogen-bond acceptors (Lipinski definition) is 4. The van der Waals surface area contributed by atoms with E-state index in [1.54, 1.807) is 18.2 Å². The van der Waals surface area contributed by atoms with Crippen LogP contribution in [0.4, 0.5) is 17.2 Å². The van der Waals surface area contributed by atoms with Crippen molar-refractivity contribution >= 4 is 46.3 Å². The molecule has 0 fully saturated rings. The van der Waals surface area contributed by atoms with Crippen LogP contribution in [0, 0.1) is 6.92 Å². The van der Waals surface area contributed by atoms with E-state index in [4.69, 9.17) is 23.2 Å². The first-order valence-electron chi connectivity index (χ1n) is 7.44. The van der Waals surface area contributed by atoms with Crippen molar-refractivity contribution in [1.29, 1.82) is 0 Å². The Labute approximate surface area is 155 Å². The number of carbonyl (C=O) groups is 1. The minimum absolute atomic E-state index is 0.173. The van der Waals surface area contributed by atoms with Gasteiger partial charge in [0.05, 0.1) is 28.1 Å². The summed E-state index contributed by atoms with van der Waals surface area (Å²) in [6.07, 6.45) is 2.90. The molecule has 3 rings (SSSR count). The third-order valence-corrected chi connectivity index (χ3v) is 4.31. The highest BCUT2D eigenvalue weighted by molar-refractivity contribution is 6.44. The molecule has 0 aliphatic rings. The first-order chi connectivity index (χ1) is 12.0. The molecule has 1 aromatic heterocycles. The quantitative estimate of drug-likeness (QED) is 0.669. The van der Waals surface area contributed by atoms with Gasteiger partial charge in [0.25, 0.3) is 5.91 Å². The largest absolute Gasteiger partial charge is 0.339 e. The second kappa shape index (κ2) is 7.51. The van der Waals surface area contributed by atoms with Crippen LogP contribution >= 0.6 is 23.2 Å². The Morgan fingerprint density at radius 1 is 0.960 bits per heavy atom. The van der Waals surface area contributed by atoms with Crippen LogP contribution < -0.4 is 10.6 Å². The lowest BCUT2D eigenvalue weighted by Crippen LogP contribution is -2.14. The summed E-state index contributed by atoms with van der Waals surface area (Å²) < 4.78 is 0. The molecular weight excluding hydrogens is 359 g/mol. The molecule has 7 heteroatoms. The smallest absolute Gasteiger partial charge is 0.275 e. The summed E-state index contributed by atoms with van der Waals surface area (Å²) in [6, 6.07) is 12.8. The maximum Gasteiger partial charge on any atom is 0.275 e. The summed E-state index contributed by atoms with van der Waals surface area (Å²) in [5.41, 5.74) is 2.61. The second-order valence-corrected chi connectivity index (χ2v) is 6.07. The molecule has 0 bridgehead atoms. The SMILES string of the molecule is Cc1ccccc1Nc1cnc(C(=O)Nc2cccc(Cl)c2Cl)cn1. The van der Waals surface area contributed by atoms with E-state index in [0.717, 1.165) is 11.3 Å². The van der Waals surface area contributed by atoms with Gasteiger partial charge in [-0.2, -0.15) is 0 Å². The lowest BCUT2D eigenvalue weighted by Gasteiger charge is -2.09. The van der Waals surface area contributed by atoms with Gasteiger partial charge in [-0.15, -0.1) is 0 Å². The van der Waals surface area contributed by atoms with Crippen LogP contribution in [0.15, 0.2) is 54.9 Å². The highest BCUT2D eigenvalue weighted by Gasteiger charge is 2.12. The molecule has 0 aliphatic heterocycles. The van der Waals surface area contributed by atoms with Crippen LogP contribution in [0.1, 0.15) is 16.1 Å². The number of benzene rings is 2. The number of nitrogens with zero attached hydrogens (tertiary/aromatic N) is 2. The third-order valence-electron chi connectivity index (χ3n) is 3.49. The molecular formula is C18H14Cl2N4O. The number of para-hydroxylation sites is 1. The zero-order chi connectivity index (χ0) is 17.8. The zero-order valence-electron chi connectivity index (χ0n) is 13.3. The van der Waals surface area contributed by atoms with Gasteiger partial charge >= 0.3 is 0 Å². The minimum atomic E-state index is -0.417. The summed E-state index contributed by atoms with van der Waals surface area (Å²) in [7, 11) is 0. The summed E-state index contributed by atoms with van der Waals surface area (Å²) in [5, 5.41) is 6.47. The average molecular weight is 373 g/mol. The first kappa shape index (κ1) is 17.2. The lowest BCUT2D eigenvalue weighted by atomic mass is 10.2. The predicted molar refractivity (Wildman–Crippen MR) is 101 cm³/mol. The molecule has 0 saturated carbocycles. The topological polar surface area (TPSA) is 66.9 Å². The fraction of sp³-hybridized carbons (Fsp3) is 0.0556. The Morgan fingerprint density at radius 3 is 2.44 bits per heavy atom. The van der Waals surface area contributed by atoms with Gasteiger partial charge in [0.2, 0.25) is 0 Å². The summed E-state index contributed by atoms with van der Waals surface area (Å²) >= 11 is 12.0. The van der Waals surface area contributed by atoms with E-state index < -0.39 is 5.91 Å². The Bertz CT molecular complexity index is 913. The molecule has 0 saturated heterocycles. The predicted octanol–water partition coefficient (Wildman–Crippen LogP) is 5.09. The van der Waals surface area contributed by atoms with E-state index in [2.05, 4.69) is 20.6 Å². The van der Waals surface area contributed by atoms with E-state index in [-0.39, 0.29) is 10.7 Å². The van der Waals surface area contributed by atoms with Crippen LogP contribution in [0.5, 0.6) is 0 Å². The van der Waals surface area contributed by atoms with Gasteiger partial charge in [0, 0.05) is 5.69 Å². The van der Waals surface area contributed by atoms with Crippen LogP contribution in [0.2, 0.25) is 10.0 Å². The molecule has 3 aromatic rings. The van der Waals surface area contributed by atoms with Gasteiger partial charge in [0.1, 0.15) is 11.5 Å². The van der Waals surface area contributed by atoms with Crippen LogP contribution in [-0.2, 0) is 0 Å². The van der Waals surface area contributed by atoms with Crippen molar-refractivity contribution in [1.82, 2.24) is 9.97 Å². The molecule has 0 aliphatic carbocycles. The Morgan fingerprint density at radius 2 is 1.72 bits per heavy atom. The van der Waals surface area contributed by atoms with E-state index in [1.807, 2.05) is 31.2 Å². The monoisotopic (exact) mass is 372 g/mol. The molecule has 1 heterocycles. The molecule has 5 nitrogen and oxygen atoms in total. The molecule has 0 radical (unpaired) electrons. The summed E-state index contributed by atoms with van der Waals surface area (Å²) in [4.78, 5) is 20.6. The molecule has 2 aromatic carbocycles. The number of nitrogens with one attached hydrogen (secondary N) is 2. The maximum atomic E-state index is 12.3. The average Bonchev–Trinajstić information content (AvgIpc) is 2.61.